The Labute approximate surface area is 197 Å². The molecule has 0 spiro atoms. The number of aromatic nitrogens is 2. The van der Waals surface area contributed by atoms with Gasteiger partial charge in [0.1, 0.15) is 0 Å². The number of rotatable bonds is 9. The van der Waals surface area contributed by atoms with E-state index in [1.165, 1.54) is 11.3 Å². The van der Waals surface area contributed by atoms with Crippen molar-refractivity contribution in [2.45, 2.75) is 46.6 Å². The minimum Gasteiger partial charge on any atom is -0.370 e. The Hall–Kier alpha value is -3.40. The summed E-state index contributed by atoms with van der Waals surface area (Å²) < 4.78 is 1.74. The van der Waals surface area contributed by atoms with Gasteiger partial charge in [0, 0.05) is 36.5 Å². The summed E-state index contributed by atoms with van der Waals surface area (Å²) in [4.78, 5) is 44.0. The number of nitrogens with two attached hydrogens (primary N) is 1. The molecule has 3 rings (SSSR count). The van der Waals surface area contributed by atoms with Crippen LogP contribution in [0.25, 0.3) is 11.0 Å². The van der Waals surface area contributed by atoms with Crippen LogP contribution in [-0.4, -0.2) is 34.4 Å². The van der Waals surface area contributed by atoms with Crippen LogP contribution in [0.15, 0.2) is 30.3 Å². The SMILES string of the molecule is CCC(CC)C(=O)N(C)c1ccc2c(c1)nc(NC(=O)Nc1ccc(C)s1)n2CCC(N)=O. The van der Waals surface area contributed by atoms with Crippen LogP contribution < -0.4 is 21.3 Å². The molecule has 0 aliphatic carbocycles. The Morgan fingerprint density at radius 1 is 1.15 bits per heavy atom. The highest BCUT2D eigenvalue weighted by Crippen LogP contribution is 2.27. The number of carbonyl (C=O) groups excluding carboxylic acids is 3. The number of hydrogen-bond donors (Lipinski definition) is 3. The molecule has 0 saturated carbocycles. The highest BCUT2D eigenvalue weighted by molar-refractivity contribution is 7.16. The van der Waals surface area contributed by atoms with Gasteiger partial charge in [-0.1, -0.05) is 13.8 Å². The number of thiophene rings is 1. The number of fused-ring (bicyclic) bond motifs is 1. The number of primary amides is 1. The lowest BCUT2D eigenvalue weighted by Gasteiger charge is -2.22. The van der Waals surface area contributed by atoms with Crippen molar-refractivity contribution in [1.82, 2.24) is 9.55 Å². The number of nitrogens with one attached hydrogen (secondary N) is 2. The van der Waals surface area contributed by atoms with E-state index in [9.17, 15) is 14.4 Å². The first-order valence-corrected chi connectivity index (χ1v) is 11.8. The predicted octanol–water partition coefficient (Wildman–Crippen LogP) is 4.32. The molecule has 0 aliphatic rings. The van der Waals surface area contributed by atoms with Gasteiger partial charge in [-0.25, -0.2) is 9.78 Å². The fraction of sp³-hybridized carbons (Fsp3) is 0.391. The van der Waals surface area contributed by atoms with E-state index >= 15 is 0 Å². The maximum Gasteiger partial charge on any atom is 0.326 e. The zero-order valence-corrected chi connectivity index (χ0v) is 20.2. The Morgan fingerprint density at radius 3 is 2.48 bits per heavy atom. The van der Waals surface area contributed by atoms with E-state index < -0.39 is 11.9 Å². The van der Waals surface area contributed by atoms with Crippen LogP contribution in [0.1, 0.15) is 38.0 Å². The van der Waals surface area contributed by atoms with Crippen LogP contribution >= 0.6 is 11.3 Å². The molecule has 0 atom stereocenters. The topological polar surface area (TPSA) is 122 Å². The number of carbonyl (C=O) groups is 3. The smallest absolute Gasteiger partial charge is 0.326 e. The first-order valence-electron chi connectivity index (χ1n) is 10.9. The minimum absolute atomic E-state index is 0.0411. The summed E-state index contributed by atoms with van der Waals surface area (Å²) in [5.41, 5.74) is 7.39. The van der Waals surface area contributed by atoms with Crippen molar-refractivity contribution in [2.75, 3.05) is 22.6 Å². The second-order valence-corrected chi connectivity index (χ2v) is 9.16. The van der Waals surface area contributed by atoms with Gasteiger partial charge in [-0.2, -0.15) is 0 Å². The zero-order valence-electron chi connectivity index (χ0n) is 19.3. The van der Waals surface area contributed by atoms with Crippen LogP contribution in [0.4, 0.5) is 21.4 Å². The second-order valence-electron chi connectivity index (χ2n) is 7.88. The molecule has 0 aliphatic heterocycles. The summed E-state index contributed by atoms with van der Waals surface area (Å²) in [5, 5.41) is 6.27. The van der Waals surface area contributed by atoms with Crippen molar-refractivity contribution in [3.05, 3.63) is 35.2 Å². The Morgan fingerprint density at radius 2 is 1.88 bits per heavy atom. The normalized spacial score (nSPS) is 11.1. The average molecular weight is 471 g/mol. The Kier molecular flexibility index (Phi) is 7.70. The van der Waals surface area contributed by atoms with Gasteiger partial charge in [-0.05, 0) is 50.1 Å². The molecule has 0 bridgehead atoms. The first-order chi connectivity index (χ1) is 15.7. The maximum absolute atomic E-state index is 12.8. The average Bonchev–Trinajstić information content (AvgIpc) is 3.33. The molecular formula is C23H30N6O3S. The Balaban J connectivity index is 1.91. The van der Waals surface area contributed by atoms with Crippen molar-refractivity contribution >= 4 is 56.9 Å². The third kappa shape index (κ3) is 5.70. The van der Waals surface area contributed by atoms with Crippen molar-refractivity contribution in [3.63, 3.8) is 0 Å². The van der Waals surface area contributed by atoms with Crippen molar-refractivity contribution < 1.29 is 14.4 Å². The fourth-order valence-corrected chi connectivity index (χ4v) is 4.42. The lowest BCUT2D eigenvalue weighted by atomic mass is 10.0. The molecule has 2 heterocycles. The van der Waals surface area contributed by atoms with Crippen molar-refractivity contribution in [3.8, 4) is 0 Å². The summed E-state index contributed by atoms with van der Waals surface area (Å²) in [6, 6.07) is 8.79. The number of urea groups is 1. The molecule has 0 saturated heterocycles. The molecule has 2 aromatic heterocycles. The standard InChI is InChI=1S/C23H30N6O3S/c1-5-15(6-2)21(31)28(4)16-8-9-18-17(13-16)25-22(29(18)12-11-19(24)30)27-23(32)26-20-10-7-14(3)33-20/h7-10,13,15H,5-6,11-12H2,1-4H3,(H2,24,30)(H2,25,26,27,32). The number of anilines is 3. The van der Waals surface area contributed by atoms with Crippen LogP contribution in [-0.2, 0) is 16.1 Å². The highest BCUT2D eigenvalue weighted by Gasteiger charge is 2.21. The molecular weight excluding hydrogens is 440 g/mol. The highest BCUT2D eigenvalue weighted by atomic mass is 32.1. The van der Waals surface area contributed by atoms with E-state index in [0.717, 1.165) is 23.2 Å². The fourth-order valence-electron chi connectivity index (χ4n) is 3.66. The molecule has 176 valence electrons. The van der Waals surface area contributed by atoms with Gasteiger partial charge in [0.2, 0.25) is 17.8 Å². The van der Waals surface area contributed by atoms with Gasteiger partial charge in [-0.15, -0.1) is 11.3 Å². The molecule has 10 heteroatoms. The lowest BCUT2D eigenvalue weighted by molar-refractivity contribution is -0.122. The molecule has 1 aromatic carbocycles. The van der Waals surface area contributed by atoms with Gasteiger partial charge in [-0.3, -0.25) is 20.2 Å². The van der Waals surface area contributed by atoms with E-state index in [1.54, 1.807) is 16.5 Å². The van der Waals surface area contributed by atoms with Crippen molar-refractivity contribution in [1.29, 1.82) is 0 Å². The molecule has 9 nitrogen and oxygen atoms in total. The monoisotopic (exact) mass is 470 g/mol. The van der Waals surface area contributed by atoms with Crippen LogP contribution in [0.3, 0.4) is 0 Å². The third-order valence-corrected chi connectivity index (χ3v) is 6.48. The van der Waals surface area contributed by atoms with Gasteiger partial charge < -0.3 is 15.2 Å². The number of nitrogens with zero attached hydrogens (tertiary/aromatic N) is 3. The number of imidazole rings is 1. The maximum atomic E-state index is 12.8. The van der Waals surface area contributed by atoms with E-state index in [4.69, 9.17) is 5.73 Å². The van der Waals surface area contributed by atoms with Crippen LogP contribution in [0, 0.1) is 12.8 Å². The van der Waals surface area contributed by atoms with Gasteiger partial charge in [0.25, 0.3) is 0 Å². The summed E-state index contributed by atoms with van der Waals surface area (Å²) in [7, 11) is 1.75. The molecule has 4 amide bonds. The van der Waals surface area contributed by atoms with Crippen LogP contribution in [0.5, 0.6) is 0 Å². The van der Waals surface area contributed by atoms with Crippen LogP contribution in [0.2, 0.25) is 0 Å². The lowest BCUT2D eigenvalue weighted by Crippen LogP contribution is -2.32. The van der Waals surface area contributed by atoms with Gasteiger partial charge >= 0.3 is 6.03 Å². The number of hydrogen-bond acceptors (Lipinski definition) is 5. The minimum atomic E-state index is -0.451. The zero-order chi connectivity index (χ0) is 24.1. The van der Waals surface area contributed by atoms with Crippen molar-refractivity contribution in [2.24, 2.45) is 11.7 Å². The predicted molar refractivity (Wildman–Crippen MR) is 133 cm³/mol. The third-order valence-electron chi connectivity index (χ3n) is 5.57. The summed E-state index contributed by atoms with van der Waals surface area (Å²) in [6.07, 6.45) is 1.65. The number of amides is 4. The quantitative estimate of drug-likeness (QED) is 0.431. The number of aryl methyl sites for hydroxylation is 2. The Bertz CT molecular complexity index is 1160. The van der Waals surface area contributed by atoms with E-state index in [-0.39, 0.29) is 24.8 Å². The largest absolute Gasteiger partial charge is 0.370 e. The van der Waals surface area contributed by atoms with Gasteiger partial charge in [0.15, 0.2) is 0 Å². The molecule has 33 heavy (non-hydrogen) atoms. The molecule has 0 radical (unpaired) electrons. The molecule has 0 fully saturated rings. The van der Waals surface area contributed by atoms with Gasteiger partial charge in [0.05, 0.1) is 16.0 Å². The molecule has 0 unspecified atom stereocenters. The second kappa shape index (κ2) is 10.5. The summed E-state index contributed by atoms with van der Waals surface area (Å²) in [5.74, 6) is -0.145. The summed E-state index contributed by atoms with van der Waals surface area (Å²) in [6.45, 7) is 6.23. The molecule has 4 N–H and O–H groups in total. The molecule has 3 aromatic rings. The van der Waals surface area contributed by atoms with E-state index in [0.29, 0.717) is 22.2 Å². The first kappa shape index (κ1) is 24.2. The van der Waals surface area contributed by atoms with E-state index in [1.807, 2.05) is 51.1 Å². The number of benzene rings is 1. The van der Waals surface area contributed by atoms with E-state index in [2.05, 4.69) is 15.6 Å². The summed E-state index contributed by atoms with van der Waals surface area (Å²) >= 11 is 1.47.